The molecule has 94 valence electrons. The number of aliphatic hydroxyl groups is 2. The van der Waals surface area contributed by atoms with E-state index < -0.39 is 12.2 Å². The number of carbonyl (C=O) groups is 1. The van der Waals surface area contributed by atoms with E-state index in [0.717, 1.165) is 11.8 Å². The van der Waals surface area contributed by atoms with Gasteiger partial charge in [-0.05, 0) is 31.9 Å². The molecule has 17 heavy (non-hydrogen) atoms. The zero-order chi connectivity index (χ0) is 13.0. The summed E-state index contributed by atoms with van der Waals surface area (Å²) in [6, 6.07) is 0. The van der Waals surface area contributed by atoms with Crippen molar-refractivity contribution in [1.82, 2.24) is 4.98 Å². The third-order valence-corrected chi connectivity index (χ3v) is 4.19. The number of thioether (sulfide) groups is 1. The van der Waals surface area contributed by atoms with E-state index in [1.54, 1.807) is 0 Å². The summed E-state index contributed by atoms with van der Waals surface area (Å²) in [4.78, 5) is 14.7. The Hall–Kier alpha value is 0.0500. The van der Waals surface area contributed by atoms with E-state index in [0.29, 0.717) is 14.5 Å². The summed E-state index contributed by atoms with van der Waals surface area (Å²) in [7, 11) is 0. The molecule has 1 heterocycles. The molecule has 0 saturated carbocycles. The molecule has 0 aromatic carbocycles. The van der Waals surface area contributed by atoms with Gasteiger partial charge in [0.2, 0.25) is 0 Å². The molecule has 1 rings (SSSR count). The van der Waals surface area contributed by atoms with Crippen LogP contribution in [0.3, 0.4) is 0 Å². The van der Waals surface area contributed by atoms with Crippen LogP contribution in [-0.4, -0.2) is 32.2 Å². The minimum atomic E-state index is -1.08. The standard InChI is InChI=1S/C10H11Br2NO3S/c1-5(14)17-4-8(15)10(16)9-6(11)2-13-3-7(9)12/h2-3,8,10,15-16H,4H2,1H3. The molecule has 7 heteroatoms. The summed E-state index contributed by atoms with van der Waals surface area (Å²) < 4.78 is 1.21. The number of rotatable bonds is 4. The minimum absolute atomic E-state index is 0.0934. The second kappa shape index (κ2) is 6.84. The molecule has 2 unspecified atom stereocenters. The second-order valence-corrected chi connectivity index (χ2v) is 6.24. The molecule has 2 N–H and O–H groups in total. The van der Waals surface area contributed by atoms with E-state index in [1.807, 2.05) is 0 Å². The average molecular weight is 385 g/mol. The lowest BCUT2D eigenvalue weighted by atomic mass is 10.1. The van der Waals surface area contributed by atoms with Gasteiger partial charge < -0.3 is 10.2 Å². The fourth-order valence-electron chi connectivity index (χ4n) is 1.19. The van der Waals surface area contributed by atoms with Crippen LogP contribution in [0.5, 0.6) is 0 Å². The number of hydrogen-bond donors (Lipinski definition) is 2. The lowest BCUT2D eigenvalue weighted by Gasteiger charge is -2.19. The molecular formula is C10H11Br2NO3S. The molecule has 0 bridgehead atoms. The van der Waals surface area contributed by atoms with Crippen LogP contribution < -0.4 is 0 Å². The number of halogens is 2. The van der Waals surface area contributed by atoms with Crippen molar-refractivity contribution in [2.24, 2.45) is 0 Å². The number of aliphatic hydroxyl groups excluding tert-OH is 2. The van der Waals surface area contributed by atoms with Crippen LogP contribution in [-0.2, 0) is 4.79 Å². The smallest absolute Gasteiger partial charge is 0.185 e. The van der Waals surface area contributed by atoms with Crippen LogP contribution in [0.15, 0.2) is 21.3 Å². The van der Waals surface area contributed by atoms with Gasteiger partial charge in [0.15, 0.2) is 5.12 Å². The quantitative estimate of drug-likeness (QED) is 0.833. The van der Waals surface area contributed by atoms with E-state index in [2.05, 4.69) is 36.8 Å². The first-order chi connectivity index (χ1) is 7.93. The predicted molar refractivity (Wildman–Crippen MR) is 73.7 cm³/mol. The maximum atomic E-state index is 10.8. The highest BCUT2D eigenvalue weighted by Crippen LogP contribution is 2.32. The van der Waals surface area contributed by atoms with E-state index in [4.69, 9.17) is 0 Å². The van der Waals surface area contributed by atoms with Crippen LogP contribution in [0.1, 0.15) is 18.6 Å². The number of nitrogens with zero attached hydrogens (tertiary/aromatic N) is 1. The summed E-state index contributed by atoms with van der Waals surface area (Å²) in [5, 5.41) is 19.7. The van der Waals surface area contributed by atoms with Gasteiger partial charge in [-0.15, -0.1) is 0 Å². The molecule has 2 atom stereocenters. The minimum Gasteiger partial charge on any atom is -0.389 e. The normalized spacial score (nSPS) is 14.4. The lowest BCUT2D eigenvalue weighted by Crippen LogP contribution is -2.22. The summed E-state index contributed by atoms with van der Waals surface area (Å²) in [6.07, 6.45) is 0.981. The van der Waals surface area contributed by atoms with Crippen LogP contribution in [0, 0.1) is 0 Å². The molecule has 1 aromatic heterocycles. The molecule has 0 radical (unpaired) electrons. The average Bonchev–Trinajstić information content (AvgIpc) is 2.25. The third-order valence-electron chi connectivity index (χ3n) is 2.01. The van der Waals surface area contributed by atoms with Gasteiger partial charge in [-0.25, -0.2) is 0 Å². The van der Waals surface area contributed by atoms with Gasteiger partial charge in [-0.3, -0.25) is 9.78 Å². The van der Waals surface area contributed by atoms with Crippen LogP contribution in [0.25, 0.3) is 0 Å². The number of aromatic nitrogens is 1. The summed E-state index contributed by atoms with van der Waals surface area (Å²) >= 11 is 7.50. The van der Waals surface area contributed by atoms with Gasteiger partial charge in [-0.1, -0.05) is 11.8 Å². The predicted octanol–water partition coefficient (Wildman–Crippen LogP) is 2.28. The Morgan fingerprint density at radius 2 is 1.94 bits per heavy atom. The van der Waals surface area contributed by atoms with Crippen molar-refractivity contribution in [3.63, 3.8) is 0 Å². The zero-order valence-corrected chi connectivity index (χ0v) is 12.9. The Bertz CT molecular complexity index is 396. The molecule has 0 saturated heterocycles. The SMILES string of the molecule is CC(=O)SCC(O)C(O)c1c(Br)cncc1Br. The van der Waals surface area contributed by atoms with E-state index in [9.17, 15) is 15.0 Å². The van der Waals surface area contributed by atoms with Crippen molar-refractivity contribution in [3.8, 4) is 0 Å². The molecule has 0 aliphatic rings. The molecule has 4 nitrogen and oxygen atoms in total. The third kappa shape index (κ3) is 4.33. The van der Waals surface area contributed by atoms with Gasteiger partial charge >= 0.3 is 0 Å². The van der Waals surface area contributed by atoms with Gasteiger partial charge in [0.25, 0.3) is 0 Å². The Morgan fingerprint density at radius 1 is 1.41 bits per heavy atom. The summed E-state index contributed by atoms with van der Waals surface area (Å²) in [6.45, 7) is 1.42. The first-order valence-corrected chi connectivity index (χ1v) is 7.29. The highest BCUT2D eigenvalue weighted by atomic mass is 79.9. The first-order valence-electron chi connectivity index (χ1n) is 4.72. The Balaban J connectivity index is 2.81. The number of pyridine rings is 1. The van der Waals surface area contributed by atoms with Crippen molar-refractivity contribution < 1.29 is 15.0 Å². The monoisotopic (exact) mass is 383 g/mol. The largest absolute Gasteiger partial charge is 0.389 e. The van der Waals surface area contributed by atoms with Gasteiger partial charge in [0.05, 0.1) is 6.10 Å². The van der Waals surface area contributed by atoms with E-state index in [-0.39, 0.29) is 10.9 Å². The lowest BCUT2D eigenvalue weighted by molar-refractivity contribution is -0.109. The molecular weight excluding hydrogens is 374 g/mol. The zero-order valence-electron chi connectivity index (χ0n) is 8.93. The van der Waals surface area contributed by atoms with E-state index >= 15 is 0 Å². The van der Waals surface area contributed by atoms with Crippen molar-refractivity contribution >= 4 is 48.7 Å². The van der Waals surface area contributed by atoms with Gasteiger partial charge in [0, 0.05) is 39.6 Å². The highest BCUT2D eigenvalue weighted by molar-refractivity contribution is 9.11. The maximum absolute atomic E-state index is 10.8. The van der Waals surface area contributed by atoms with E-state index in [1.165, 1.54) is 19.3 Å². The van der Waals surface area contributed by atoms with Crippen LogP contribution in [0.2, 0.25) is 0 Å². The maximum Gasteiger partial charge on any atom is 0.185 e. The van der Waals surface area contributed by atoms with Gasteiger partial charge in [-0.2, -0.15) is 0 Å². The van der Waals surface area contributed by atoms with Gasteiger partial charge in [0.1, 0.15) is 6.10 Å². The molecule has 0 spiro atoms. The first kappa shape index (κ1) is 15.1. The summed E-state index contributed by atoms with van der Waals surface area (Å²) in [5.41, 5.74) is 0.525. The Labute approximate surface area is 120 Å². The second-order valence-electron chi connectivity index (χ2n) is 3.33. The molecule has 0 amide bonds. The topological polar surface area (TPSA) is 70.4 Å². The van der Waals surface area contributed by atoms with Crippen molar-refractivity contribution in [2.75, 3.05) is 5.75 Å². The Kier molecular flexibility index (Phi) is 6.08. The molecule has 1 aromatic rings. The molecule has 0 fully saturated rings. The molecule has 0 aliphatic heterocycles. The fraction of sp³-hybridized carbons (Fsp3) is 0.400. The Morgan fingerprint density at radius 3 is 2.41 bits per heavy atom. The number of carbonyl (C=O) groups excluding carboxylic acids is 1. The van der Waals surface area contributed by atoms with Crippen molar-refractivity contribution in [1.29, 1.82) is 0 Å². The highest BCUT2D eigenvalue weighted by Gasteiger charge is 2.23. The molecule has 0 aliphatic carbocycles. The van der Waals surface area contributed by atoms with Crippen LogP contribution >= 0.6 is 43.6 Å². The van der Waals surface area contributed by atoms with Crippen LogP contribution in [0.4, 0.5) is 0 Å². The van der Waals surface area contributed by atoms with Crippen molar-refractivity contribution in [2.45, 2.75) is 19.1 Å². The number of hydrogen-bond acceptors (Lipinski definition) is 5. The fourth-order valence-corrected chi connectivity index (χ4v) is 3.18. The summed E-state index contributed by atoms with van der Waals surface area (Å²) in [5.74, 6) is 0.150. The van der Waals surface area contributed by atoms with Crippen molar-refractivity contribution in [3.05, 3.63) is 26.9 Å².